The molecule has 2 nitrogen and oxygen atoms in total. The summed E-state index contributed by atoms with van der Waals surface area (Å²) >= 11 is 4.53. The van der Waals surface area contributed by atoms with Gasteiger partial charge in [-0.2, -0.15) is 0 Å². The van der Waals surface area contributed by atoms with E-state index < -0.39 is 11.4 Å². The Balaban J connectivity index is 2.55. The Kier molecular flexibility index (Phi) is 3.10. The molecule has 0 fully saturated rings. The fourth-order valence-electron chi connectivity index (χ4n) is 1.53. The third kappa shape index (κ3) is 1.90. The molecule has 0 saturated heterocycles. The summed E-state index contributed by atoms with van der Waals surface area (Å²) in [5.74, 6) is -0.423. The standard InChI is InChI=1S/C11H9BrFNOS/c1-11(15,9-10(12)14-6-16-9)7-4-2-3-5-8(7)13/h2-6,15H,1H3. The number of benzene rings is 1. The van der Waals surface area contributed by atoms with Gasteiger partial charge < -0.3 is 5.11 Å². The average molecular weight is 302 g/mol. The zero-order valence-electron chi connectivity index (χ0n) is 8.45. The summed E-state index contributed by atoms with van der Waals surface area (Å²) in [6.07, 6.45) is 0. The van der Waals surface area contributed by atoms with Gasteiger partial charge in [-0.1, -0.05) is 18.2 Å². The predicted octanol–water partition coefficient (Wildman–Crippen LogP) is 3.30. The molecule has 84 valence electrons. The SMILES string of the molecule is CC(O)(c1ccccc1F)c1scnc1Br. The van der Waals surface area contributed by atoms with E-state index in [-0.39, 0.29) is 5.56 Å². The molecule has 0 saturated carbocycles. The second-order valence-corrected chi connectivity index (χ2v) is 5.13. The van der Waals surface area contributed by atoms with Crippen molar-refractivity contribution in [2.45, 2.75) is 12.5 Å². The van der Waals surface area contributed by atoms with Crippen molar-refractivity contribution in [1.29, 1.82) is 0 Å². The Morgan fingerprint density at radius 2 is 2.12 bits per heavy atom. The molecule has 5 heteroatoms. The third-order valence-corrected chi connectivity index (χ3v) is 4.27. The molecule has 1 aromatic heterocycles. The van der Waals surface area contributed by atoms with Crippen molar-refractivity contribution in [2.24, 2.45) is 0 Å². The summed E-state index contributed by atoms with van der Waals surface area (Å²) in [7, 11) is 0. The zero-order chi connectivity index (χ0) is 11.8. The molecule has 0 aliphatic heterocycles. The van der Waals surface area contributed by atoms with Crippen molar-refractivity contribution in [3.63, 3.8) is 0 Å². The van der Waals surface area contributed by atoms with Gasteiger partial charge in [0.15, 0.2) is 0 Å². The van der Waals surface area contributed by atoms with Gasteiger partial charge in [-0.05, 0) is 28.9 Å². The van der Waals surface area contributed by atoms with Gasteiger partial charge in [0, 0.05) is 5.56 Å². The first-order valence-corrected chi connectivity index (χ1v) is 6.27. The maximum absolute atomic E-state index is 13.6. The highest BCUT2D eigenvalue weighted by molar-refractivity contribution is 9.10. The highest BCUT2D eigenvalue weighted by Gasteiger charge is 2.32. The van der Waals surface area contributed by atoms with Gasteiger partial charge in [-0.15, -0.1) is 11.3 Å². The summed E-state index contributed by atoms with van der Waals surface area (Å²) in [4.78, 5) is 4.59. The second kappa shape index (κ2) is 4.24. The third-order valence-electron chi connectivity index (χ3n) is 2.36. The molecule has 1 unspecified atom stereocenters. The van der Waals surface area contributed by atoms with Crippen LogP contribution in [0.25, 0.3) is 0 Å². The predicted molar refractivity (Wildman–Crippen MR) is 64.9 cm³/mol. The average Bonchev–Trinajstić information content (AvgIpc) is 2.65. The molecule has 1 atom stereocenters. The molecule has 0 radical (unpaired) electrons. The van der Waals surface area contributed by atoms with Gasteiger partial charge in [0.2, 0.25) is 0 Å². The van der Waals surface area contributed by atoms with E-state index in [9.17, 15) is 9.50 Å². The molecule has 1 N–H and O–H groups in total. The van der Waals surface area contributed by atoms with Crippen molar-refractivity contribution in [3.8, 4) is 0 Å². The van der Waals surface area contributed by atoms with Gasteiger partial charge >= 0.3 is 0 Å². The number of nitrogens with zero attached hydrogens (tertiary/aromatic N) is 1. The molecule has 0 spiro atoms. The lowest BCUT2D eigenvalue weighted by Crippen LogP contribution is -2.23. The molecule has 0 bridgehead atoms. The fraction of sp³-hybridized carbons (Fsp3) is 0.182. The Morgan fingerprint density at radius 1 is 1.44 bits per heavy atom. The topological polar surface area (TPSA) is 33.1 Å². The van der Waals surface area contributed by atoms with E-state index in [1.807, 2.05) is 0 Å². The number of halogens is 2. The van der Waals surface area contributed by atoms with E-state index in [1.54, 1.807) is 30.6 Å². The highest BCUT2D eigenvalue weighted by atomic mass is 79.9. The Bertz CT molecular complexity index is 512. The monoisotopic (exact) mass is 301 g/mol. The van der Waals surface area contributed by atoms with Crippen molar-refractivity contribution in [3.05, 3.63) is 50.6 Å². The lowest BCUT2D eigenvalue weighted by Gasteiger charge is -2.23. The van der Waals surface area contributed by atoms with Crippen LogP contribution < -0.4 is 0 Å². The van der Waals surface area contributed by atoms with E-state index in [0.29, 0.717) is 9.48 Å². The van der Waals surface area contributed by atoms with Crippen LogP contribution in [0.4, 0.5) is 4.39 Å². The van der Waals surface area contributed by atoms with Crippen LogP contribution in [0.15, 0.2) is 34.4 Å². The van der Waals surface area contributed by atoms with E-state index in [0.717, 1.165) is 0 Å². The maximum atomic E-state index is 13.6. The van der Waals surface area contributed by atoms with Crippen LogP contribution >= 0.6 is 27.3 Å². The normalized spacial score (nSPS) is 14.8. The van der Waals surface area contributed by atoms with Gasteiger partial charge in [0.05, 0.1) is 10.4 Å². The molecule has 0 aliphatic rings. The van der Waals surface area contributed by atoms with Gasteiger partial charge in [0.1, 0.15) is 16.0 Å². The number of rotatable bonds is 2. The molecule has 2 rings (SSSR count). The van der Waals surface area contributed by atoms with Crippen LogP contribution in [0.2, 0.25) is 0 Å². The Hall–Kier alpha value is -0.780. The Labute approximate surface area is 105 Å². The minimum atomic E-state index is -1.37. The summed E-state index contributed by atoms with van der Waals surface area (Å²) in [5, 5.41) is 10.4. The van der Waals surface area contributed by atoms with Crippen LogP contribution in [-0.4, -0.2) is 10.1 Å². The van der Waals surface area contributed by atoms with E-state index >= 15 is 0 Å². The number of hydrogen-bond donors (Lipinski definition) is 1. The Morgan fingerprint density at radius 3 is 2.69 bits per heavy atom. The van der Waals surface area contributed by atoms with E-state index in [4.69, 9.17) is 0 Å². The lowest BCUT2D eigenvalue weighted by molar-refractivity contribution is 0.101. The van der Waals surface area contributed by atoms with Gasteiger partial charge in [0.25, 0.3) is 0 Å². The van der Waals surface area contributed by atoms with Crippen molar-refractivity contribution in [2.75, 3.05) is 0 Å². The molecule has 2 aromatic rings. The van der Waals surface area contributed by atoms with E-state index in [2.05, 4.69) is 20.9 Å². The van der Waals surface area contributed by atoms with Crippen molar-refractivity contribution < 1.29 is 9.50 Å². The second-order valence-electron chi connectivity index (χ2n) is 3.52. The van der Waals surface area contributed by atoms with Gasteiger partial charge in [-0.3, -0.25) is 0 Å². The summed E-state index contributed by atoms with van der Waals surface area (Å²) in [6.45, 7) is 1.56. The van der Waals surface area contributed by atoms with Crippen LogP contribution in [-0.2, 0) is 5.60 Å². The smallest absolute Gasteiger partial charge is 0.129 e. The fourth-order valence-corrected chi connectivity index (χ4v) is 3.18. The van der Waals surface area contributed by atoms with Crippen LogP contribution in [0.5, 0.6) is 0 Å². The lowest BCUT2D eigenvalue weighted by atomic mass is 9.94. The first-order chi connectivity index (χ1) is 7.53. The first-order valence-electron chi connectivity index (χ1n) is 4.60. The first kappa shape index (κ1) is 11.7. The quantitative estimate of drug-likeness (QED) is 0.923. The van der Waals surface area contributed by atoms with E-state index in [1.165, 1.54) is 17.4 Å². The largest absolute Gasteiger partial charge is 0.380 e. The number of hydrogen-bond acceptors (Lipinski definition) is 3. The summed E-state index contributed by atoms with van der Waals surface area (Å²) in [5.41, 5.74) is 0.486. The minimum absolute atomic E-state index is 0.250. The van der Waals surface area contributed by atoms with Crippen LogP contribution in [0.3, 0.4) is 0 Å². The number of aromatic nitrogens is 1. The van der Waals surface area contributed by atoms with Crippen molar-refractivity contribution in [1.82, 2.24) is 4.98 Å². The highest BCUT2D eigenvalue weighted by Crippen LogP contribution is 2.37. The zero-order valence-corrected chi connectivity index (χ0v) is 10.8. The molecular formula is C11H9BrFNOS. The van der Waals surface area contributed by atoms with Crippen LogP contribution in [0.1, 0.15) is 17.4 Å². The molecule has 1 heterocycles. The van der Waals surface area contributed by atoms with Crippen molar-refractivity contribution >= 4 is 27.3 Å². The molecular weight excluding hydrogens is 293 g/mol. The summed E-state index contributed by atoms with van der Waals surface area (Å²) in [6, 6.07) is 6.19. The molecule has 16 heavy (non-hydrogen) atoms. The van der Waals surface area contributed by atoms with Gasteiger partial charge in [-0.25, -0.2) is 9.37 Å². The molecule has 1 aromatic carbocycles. The molecule has 0 aliphatic carbocycles. The van der Waals surface area contributed by atoms with Crippen LogP contribution in [0, 0.1) is 5.82 Å². The number of aliphatic hydroxyl groups is 1. The summed E-state index contributed by atoms with van der Waals surface area (Å²) < 4.78 is 14.2. The molecule has 0 amide bonds. The maximum Gasteiger partial charge on any atom is 0.129 e. The number of thiazole rings is 1. The minimum Gasteiger partial charge on any atom is -0.380 e.